The van der Waals surface area contributed by atoms with Gasteiger partial charge in [-0.25, -0.2) is 4.79 Å². The summed E-state index contributed by atoms with van der Waals surface area (Å²) in [6.07, 6.45) is 0.353. The van der Waals surface area contributed by atoms with Gasteiger partial charge in [-0.1, -0.05) is 0 Å². The largest absolute Gasteiger partial charge is 0.496 e. The normalized spacial score (nSPS) is 16.4. The Bertz CT molecular complexity index is 529. The Morgan fingerprint density at radius 3 is 2.89 bits per heavy atom. The molecule has 0 aliphatic carbocycles. The fourth-order valence-corrected chi connectivity index (χ4v) is 2.08. The number of fused-ring (bicyclic) bond motifs is 1. The van der Waals surface area contributed by atoms with Gasteiger partial charge in [0.2, 0.25) is 0 Å². The van der Waals surface area contributed by atoms with Gasteiger partial charge >= 0.3 is 5.97 Å². The first-order valence-corrected chi connectivity index (χ1v) is 5.85. The van der Waals surface area contributed by atoms with Gasteiger partial charge in [0, 0.05) is 6.42 Å². The number of nitro groups is 1. The first kappa shape index (κ1) is 13.1. The van der Waals surface area contributed by atoms with E-state index in [9.17, 15) is 14.9 Å². The zero-order valence-corrected chi connectivity index (χ0v) is 10.6. The number of methoxy groups -OCH3 is 1. The summed E-state index contributed by atoms with van der Waals surface area (Å²) < 4.78 is 9.94. The lowest BCUT2D eigenvalue weighted by molar-refractivity contribution is -0.384. The smallest absolute Gasteiger partial charge is 0.328 e. The van der Waals surface area contributed by atoms with Gasteiger partial charge in [0.1, 0.15) is 17.5 Å². The van der Waals surface area contributed by atoms with Crippen molar-refractivity contribution in [1.29, 1.82) is 0 Å². The van der Waals surface area contributed by atoms with Crippen LogP contribution in [0.1, 0.15) is 12.5 Å². The Morgan fingerprint density at radius 2 is 2.32 bits per heavy atom. The lowest BCUT2D eigenvalue weighted by atomic mass is 10.1. The molecule has 1 unspecified atom stereocenters. The minimum atomic E-state index is -0.583. The van der Waals surface area contributed by atoms with Crippen LogP contribution in [-0.2, 0) is 16.0 Å². The van der Waals surface area contributed by atoms with Crippen molar-refractivity contribution in [1.82, 2.24) is 0 Å². The van der Waals surface area contributed by atoms with E-state index in [-0.39, 0.29) is 12.3 Å². The van der Waals surface area contributed by atoms with Crippen LogP contribution >= 0.6 is 0 Å². The maximum Gasteiger partial charge on any atom is 0.328 e. The van der Waals surface area contributed by atoms with Crippen molar-refractivity contribution in [2.75, 3.05) is 19.0 Å². The predicted octanol–water partition coefficient (Wildman–Crippen LogP) is 1.50. The van der Waals surface area contributed by atoms with Gasteiger partial charge < -0.3 is 14.8 Å². The number of hydrogen-bond acceptors (Lipinski definition) is 6. The third kappa shape index (κ3) is 2.44. The molecule has 102 valence electrons. The Labute approximate surface area is 109 Å². The molecule has 1 atom stereocenters. The van der Waals surface area contributed by atoms with E-state index in [4.69, 9.17) is 9.47 Å². The van der Waals surface area contributed by atoms with Gasteiger partial charge in [-0.2, -0.15) is 0 Å². The Balaban J connectivity index is 2.33. The second-order valence-corrected chi connectivity index (χ2v) is 4.09. The fourth-order valence-electron chi connectivity index (χ4n) is 2.08. The molecule has 0 saturated carbocycles. The van der Waals surface area contributed by atoms with E-state index in [1.807, 2.05) is 0 Å². The van der Waals surface area contributed by atoms with Crippen LogP contribution in [0.3, 0.4) is 0 Å². The Morgan fingerprint density at radius 1 is 1.58 bits per heavy atom. The number of hydrogen-bond donors (Lipinski definition) is 1. The van der Waals surface area contributed by atoms with Gasteiger partial charge in [0.15, 0.2) is 0 Å². The minimum Gasteiger partial charge on any atom is -0.496 e. The monoisotopic (exact) mass is 266 g/mol. The van der Waals surface area contributed by atoms with E-state index in [1.54, 1.807) is 13.0 Å². The van der Waals surface area contributed by atoms with E-state index >= 15 is 0 Å². The highest BCUT2D eigenvalue weighted by Gasteiger charge is 2.33. The van der Waals surface area contributed by atoms with Crippen LogP contribution in [-0.4, -0.2) is 30.7 Å². The number of anilines is 1. The lowest BCUT2D eigenvalue weighted by Crippen LogP contribution is -2.29. The van der Waals surface area contributed by atoms with E-state index in [2.05, 4.69) is 5.32 Å². The van der Waals surface area contributed by atoms with Crippen LogP contribution in [0, 0.1) is 10.1 Å². The number of carbonyl (C=O) groups is 1. The van der Waals surface area contributed by atoms with Crippen LogP contribution in [0.5, 0.6) is 5.75 Å². The fraction of sp³-hybridized carbons (Fsp3) is 0.417. The molecule has 0 spiro atoms. The molecule has 1 aromatic rings. The third-order valence-corrected chi connectivity index (χ3v) is 2.92. The van der Waals surface area contributed by atoms with Crippen LogP contribution in [0.2, 0.25) is 0 Å². The molecular formula is C12H14N2O5. The molecule has 1 N–H and O–H groups in total. The molecule has 1 aliphatic rings. The van der Waals surface area contributed by atoms with E-state index < -0.39 is 16.9 Å². The van der Waals surface area contributed by atoms with Crippen molar-refractivity contribution in [2.45, 2.75) is 19.4 Å². The van der Waals surface area contributed by atoms with E-state index in [1.165, 1.54) is 13.2 Å². The van der Waals surface area contributed by atoms with Crippen molar-refractivity contribution in [2.24, 2.45) is 0 Å². The van der Waals surface area contributed by atoms with Crippen molar-refractivity contribution < 1.29 is 19.2 Å². The molecule has 7 heteroatoms. The molecule has 2 rings (SSSR count). The second kappa shape index (κ2) is 5.13. The summed E-state index contributed by atoms with van der Waals surface area (Å²) in [5, 5.41) is 13.9. The van der Waals surface area contributed by atoms with Crippen molar-refractivity contribution >= 4 is 17.3 Å². The number of carbonyl (C=O) groups excluding carboxylic acids is 1. The predicted molar refractivity (Wildman–Crippen MR) is 67.4 cm³/mol. The minimum absolute atomic E-state index is 0.0962. The van der Waals surface area contributed by atoms with Crippen LogP contribution in [0.25, 0.3) is 0 Å². The first-order chi connectivity index (χ1) is 9.06. The van der Waals surface area contributed by atoms with Crippen LogP contribution in [0.15, 0.2) is 12.1 Å². The van der Waals surface area contributed by atoms with Gasteiger partial charge in [-0.3, -0.25) is 10.1 Å². The maximum absolute atomic E-state index is 11.7. The van der Waals surface area contributed by atoms with Gasteiger partial charge in [-0.15, -0.1) is 0 Å². The van der Waals surface area contributed by atoms with Crippen LogP contribution in [0.4, 0.5) is 11.4 Å². The average molecular weight is 266 g/mol. The quantitative estimate of drug-likeness (QED) is 0.504. The summed E-state index contributed by atoms with van der Waals surface area (Å²) >= 11 is 0. The number of esters is 1. The topological polar surface area (TPSA) is 90.7 Å². The number of nitrogens with zero attached hydrogens (tertiary/aromatic N) is 1. The van der Waals surface area contributed by atoms with Gasteiger partial charge in [0.05, 0.1) is 24.7 Å². The molecule has 19 heavy (non-hydrogen) atoms. The molecule has 0 bridgehead atoms. The number of nitrogens with one attached hydrogen (secondary N) is 1. The standard InChI is InChI=1S/C12H14N2O5/c1-3-19-12(15)9-5-7-4-8(18-2)6-10(14(16)17)11(7)13-9/h4,6,9,13H,3,5H2,1-2H3. The average Bonchev–Trinajstić information content (AvgIpc) is 2.81. The lowest BCUT2D eigenvalue weighted by Gasteiger charge is -2.09. The number of benzene rings is 1. The summed E-state index contributed by atoms with van der Waals surface area (Å²) in [4.78, 5) is 22.2. The van der Waals surface area contributed by atoms with Crippen molar-refractivity contribution in [3.05, 3.63) is 27.8 Å². The van der Waals surface area contributed by atoms with E-state index in [0.717, 1.165) is 0 Å². The SMILES string of the molecule is CCOC(=O)C1Cc2cc(OC)cc([N+](=O)[O-])c2N1. The summed E-state index contributed by atoms with van der Waals surface area (Å²) in [6.45, 7) is 1.99. The molecule has 0 radical (unpaired) electrons. The number of rotatable bonds is 4. The van der Waals surface area contributed by atoms with Gasteiger partial charge in [-0.05, 0) is 18.6 Å². The Kier molecular flexibility index (Phi) is 3.55. The van der Waals surface area contributed by atoms with Gasteiger partial charge in [0.25, 0.3) is 5.69 Å². The highest BCUT2D eigenvalue weighted by molar-refractivity contribution is 5.85. The molecule has 0 saturated heterocycles. The second-order valence-electron chi connectivity index (χ2n) is 4.09. The molecule has 0 fully saturated rings. The van der Waals surface area contributed by atoms with Crippen molar-refractivity contribution in [3.8, 4) is 5.75 Å². The molecule has 1 aliphatic heterocycles. The molecule has 0 aromatic heterocycles. The number of ether oxygens (including phenoxy) is 2. The van der Waals surface area contributed by atoms with Crippen LogP contribution < -0.4 is 10.1 Å². The summed E-state index contributed by atoms with van der Waals surface area (Å²) in [6, 6.07) is 2.44. The third-order valence-electron chi connectivity index (χ3n) is 2.92. The first-order valence-electron chi connectivity index (χ1n) is 5.85. The molecule has 1 heterocycles. The summed E-state index contributed by atoms with van der Waals surface area (Å²) in [7, 11) is 1.44. The Hall–Kier alpha value is -2.31. The van der Waals surface area contributed by atoms with Crippen molar-refractivity contribution in [3.63, 3.8) is 0 Å². The molecule has 7 nitrogen and oxygen atoms in total. The molecular weight excluding hydrogens is 252 g/mol. The highest BCUT2D eigenvalue weighted by atomic mass is 16.6. The summed E-state index contributed by atoms with van der Waals surface area (Å²) in [5.41, 5.74) is 0.953. The zero-order chi connectivity index (χ0) is 14.0. The van der Waals surface area contributed by atoms with E-state index in [0.29, 0.717) is 23.4 Å². The highest BCUT2D eigenvalue weighted by Crippen LogP contribution is 2.38. The zero-order valence-electron chi connectivity index (χ0n) is 10.6. The molecule has 0 amide bonds. The maximum atomic E-state index is 11.7. The molecule has 1 aromatic carbocycles. The summed E-state index contributed by atoms with van der Waals surface area (Å²) in [5.74, 6) is -0.0104. The number of nitro benzene ring substituents is 1.